The van der Waals surface area contributed by atoms with E-state index in [1.165, 1.54) is 11.8 Å². The average Bonchev–Trinajstić information content (AvgIpc) is 2.92. The van der Waals surface area contributed by atoms with E-state index in [0.29, 0.717) is 31.9 Å². The zero-order valence-corrected chi connectivity index (χ0v) is 17.5. The van der Waals surface area contributed by atoms with Crippen LogP contribution in [0.1, 0.15) is 70.1 Å². The van der Waals surface area contributed by atoms with E-state index in [2.05, 4.69) is 30.7 Å². The Balaban J connectivity index is 2.06. The molecule has 28 heavy (non-hydrogen) atoms. The van der Waals surface area contributed by atoms with Crippen LogP contribution in [0.15, 0.2) is 0 Å². The second-order valence-electron chi connectivity index (χ2n) is 8.92. The quantitative estimate of drug-likeness (QED) is 0.775. The van der Waals surface area contributed by atoms with Crippen LogP contribution in [0.4, 0.5) is 10.6 Å². The molecule has 0 bridgehead atoms. The highest BCUT2D eigenvalue weighted by molar-refractivity contribution is 5.67. The summed E-state index contributed by atoms with van der Waals surface area (Å²) in [5.41, 5.74) is 1.79. The molecule has 0 radical (unpaired) electrons. The van der Waals surface area contributed by atoms with Crippen LogP contribution in [0.5, 0.6) is 0 Å². The summed E-state index contributed by atoms with van der Waals surface area (Å²) in [7, 11) is 0. The molecule has 1 saturated heterocycles. The van der Waals surface area contributed by atoms with E-state index in [9.17, 15) is 14.7 Å². The molecule has 1 N–H and O–H groups in total. The number of piperazine rings is 1. The fourth-order valence-corrected chi connectivity index (χ4v) is 4.37. The van der Waals surface area contributed by atoms with E-state index >= 15 is 0 Å². The van der Waals surface area contributed by atoms with E-state index in [1.807, 2.05) is 13.8 Å². The molecule has 1 amide bonds. The number of anilines is 1. The van der Waals surface area contributed by atoms with Gasteiger partial charge < -0.3 is 19.6 Å². The van der Waals surface area contributed by atoms with Gasteiger partial charge in [-0.2, -0.15) is 0 Å². The number of hydrogen-bond donors (Lipinski definition) is 1. The molecule has 154 valence electrons. The first-order chi connectivity index (χ1) is 13.0. The van der Waals surface area contributed by atoms with Crippen LogP contribution < -0.4 is 4.90 Å². The number of carbonyl (C=O) groups excluding carboxylic acids is 1. The number of fused-ring (bicyclic) bond motifs is 1. The fraction of sp³-hybridized carbons (Fsp3) is 0.700. The molecule has 1 aliphatic heterocycles. The first kappa shape index (κ1) is 20.4. The van der Waals surface area contributed by atoms with Gasteiger partial charge in [-0.25, -0.2) is 14.8 Å². The second kappa shape index (κ2) is 7.22. The minimum absolute atomic E-state index is 0.00311. The maximum atomic E-state index is 11.7. The summed E-state index contributed by atoms with van der Waals surface area (Å²) in [5, 5.41) is 9.31. The summed E-state index contributed by atoms with van der Waals surface area (Å²) >= 11 is 0. The lowest BCUT2D eigenvalue weighted by molar-refractivity contribution is -0.147. The van der Waals surface area contributed by atoms with Crippen LogP contribution in [0, 0.1) is 12.3 Å². The van der Waals surface area contributed by atoms with Gasteiger partial charge in [0, 0.05) is 38.2 Å². The van der Waals surface area contributed by atoms with Gasteiger partial charge in [0.15, 0.2) is 0 Å². The van der Waals surface area contributed by atoms with Gasteiger partial charge in [-0.3, -0.25) is 4.79 Å². The van der Waals surface area contributed by atoms with Gasteiger partial charge in [-0.1, -0.05) is 20.8 Å². The maximum absolute atomic E-state index is 11.7. The van der Waals surface area contributed by atoms with Crippen molar-refractivity contribution < 1.29 is 19.4 Å². The second-order valence-corrected chi connectivity index (χ2v) is 8.92. The first-order valence-corrected chi connectivity index (χ1v) is 9.79. The smallest absolute Gasteiger partial charge is 0.407 e. The van der Waals surface area contributed by atoms with Crippen LogP contribution >= 0.6 is 0 Å². The van der Waals surface area contributed by atoms with Crippen LogP contribution in [0.25, 0.3) is 0 Å². The van der Waals surface area contributed by atoms with Crippen molar-refractivity contribution in [2.75, 3.05) is 24.5 Å². The molecule has 0 unspecified atom stereocenters. The molecule has 1 aromatic heterocycles. The Bertz CT molecular complexity index is 789. The molecular weight excluding hydrogens is 360 g/mol. The van der Waals surface area contributed by atoms with Gasteiger partial charge >= 0.3 is 12.1 Å². The van der Waals surface area contributed by atoms with Gasteiger partial charge in [0.25, 0.3) is 0 Å². The lowest BCUT2D eigenvalue weighted by Crippen LogP contribution is -2.54. The average molecular weight is 390 g/mol. The molecule has 1 aromatic rings. The molecule has 8 nitrogen and oxygen atoms in total. The molecule has 2 heterocycles. The summed E-state index contributed by atoms with van der Waals surface area (Å²) in [6, 6.07) is -0.00311. The lowest BCUT2D eigenvalue weighted by atomic mass is 9.77. The number of hydrogen-bond acceptors (Lipinski definition) is 6. The Morgan fingerprint density at radius 3 is 2.43 bits per heavy atom. The summed E-state index contributed by atoms with van der Waals surface area (Å²) in [5.74, 6) is 1.32. The van der Waals surface area contributed by atoms with Gasteiger partial charge in [0.05, 0.1) is 5.69 Å². The molecule has 1 fully saturated rings. The third-order valence-electron chi connectivity index (χ3n) is 5.69. The lowest BCUT2D eigenvalue weighted by Gasteiger charge is -2.41. The highest BCUT2D eigenvalue weighted by Gasteiger charge is 2.44. The van der Waals surface area contributed by atoms with Gasteiger partial charge in [-0.05, 0) is 31.6 Å². The molecule has 3 rings (SSSR count). The Morgan fingerprint density at radius 1 is 1.21 bits per heavy atom. The summed E-state index contributed by atoms with van der Waals surface area (Å²) in [6.07, 6.45) is -0.571. The standard InChI is InChI=1S/C20H30N4O4/c1-11-10-23(19(26)27)7-8-24(11)18-16-14(20(4,5)6)9-15(28-13(3)25)17(16)21-12(2)22-18/h11,14-15H,7-10H2,1-6H3,(H,26,27)/t11-,14-,15-/m0/s1. The summed E-state index contributed by atoms with van der Waals surface area (Å²) in [4.78, 5) is 36.1. The van der Waals surface area contributed by atoms with Crippen molar-refractivity contribution in [1.82, 2.24) is 14.9 Å². The predicted octanol–water partition coefficient (Wildman–Crippen LogP) is 3.11. The Morgan fingerprint density at radius 2 is 1.89 bits per heavy atom. The summed E-state index contributed by atoms with van der Waals surface area (Å²) < 4.78 is 5.60. The normalized spacial score (nSPS) is 24.9. The van der Waals surface area contributed by atoms with Gasteiger partial charge in [0.2, 0.25) is 0 Å². The van der Waals surface area contributed by atoms with Crippen molar-refractivity contribution in [3.05, 3.63) is 17.1 Å². The molecule has 0 aromatic carbocycles. The number of ether oxygens (including phenoxy) is 1. The van der Waals surface area contributed by atoms with Crippen molar-refractivity contribution >= 4 is 17.9 Å². The number of aryl methyl sites for hydroxylation is 1. The fourth-order valence-electron chi connectivity index (χ4n) is 4.37. The molecule has 8 heteroatoms. The van der Waals surface area contributed by atoms with Crippen LogP contribution in [-0.4, -0.2) is 57.7 Å². The Hall–Kier alpha value is -2.38. The number of esters is 1. The largest absolute Gasteiger partial charge is 0.465 e. The number of rotatable bonds is 2. The van der Waals surface area contributed by atoms with Crippen molar-refractivity contribution in [2.24, 2.45) is 5.41 Å². The molecular formula is C20H30N4O4. The molecule has 0 spiro atoms. The van der Waals surface area contributed by atoms with E-state index in [0.717, 1.165) is 17.1 Å². The van der Waals surface area contributed by atoms with Crippen LogP contribution in [0.3, 0.4) is 0 Å². The highest BCUT2D eigenvalue weighted by atomic mass is 16.5. The summed E-state index contributed by atoms with van der Waals surface area (Å²) in [6.45, 7) is 13.2. The van der Waals surface area contributed by atoms with Crippen molar-refractivity contribution in [3.63, 3.8) is 0 Å². The third kappa shape index (κ3) is 3.77. The number of nitrogens with zero attached hydrogens (tertiary/aromatic N) is 4. The van der Waals surface area contributed by atoms with Crippen molar-refractivity contribution in [2.45, 2.75) is 66.0 Å². The molecule has 3 atom stereocenters. The van der Waals surface area contributed by atoms with Gasteiger partial charge in [0.1, 0.15) is 17.7 Å². The van der Waals surface area contributed by atoms with E-state index in [4.69, 9.17) is 9.72 Å². The molecule has 0 saturated carbocycles. The minimum atomic E-state index is -0.891. The topological polar surface area (TPSA) is 95.9 Å². The van der Waals surface area contributed by atoms with Crippen molar-refractivity contribution in [3.8, 4) is 0 Å². The third-order valence-corrected chi connectivity index (χ3v) is 5.69. The number of carbonyl (C=O) groups is 2. The van der Waals surface area contributed by atoms with Crippen LogP contribution in [-0.2, 0) is 9.53 Å². The predicted molar refractivity (Wildman–Crippen MR) is 104 cm³/mol. The van der Waals surface area contributed by atoms with E-state index in [1.54, 1.807) is 0 Å². The first-order valence-electron chi connectivity index (χ1n) is 9.79. The highest BCUT2D eigenvalue weighted by Crippen LogP contribution is 2.53. The zero-order valence-electron chi connectivity index (χ0n) is 17.5. The molecule has 1 aliphatic carbocycles. The molecule has 2 aliphatic rings. The number of carboxylic acid groups (broad SMARTS) is 1. The Kier molecular flexibility index (Phi) is 5.25. The number of amides is 1. The zero-order chi connectivity index (χ0) is 20.8. The van der Waals surface area contributed by atoms with Crippen LogP contribution in [0.2, 0.25) is 0 Å². The monoisotopic (exact) mass is 390 g/mol. The SMILES string of the molecule is CC(=O)O[C@H]1C[C@H](C(C)(C)C)c2c1nc(C)nc2N1CCN(C(=O)O)C[C@@H]1C. The van der Waals surface area contributed by atoms with Crippen molar-refractivity contribution in [1.29, 1.82) is 0 Å². The van der Waals surface area contributed by atoms with Gasteiger partial charge in [-0.15, -0.1) is 0 Å². The Labute approximate surface area is 165 Å². The van der Waals surface area contributed by atoms with E-state index < -0.39 is 6.09 Å². The van der Waals surface area contributed by atoms with E-state index in [-0.39, 0.29) is 29.4 Å². The number of aromatic nitrogens is 2. The maximum Gasteiger partial charge on any atom is 0.407 e. The minimum Gasteiger partial charge on any atom is -0.465 e.